The van der Waals surface area contributed by atoms with Crippen molar-refractivity contribution in [2.45, 2.75) is 25.8 Å². The Morgan fingerprint density at radius 3 is 2.90 bits per heavy atom. The molecule has 1 aliphatic heterocycles. The maximum absolute atomic E-state index is 13.0. The lowest BCUT2D eigenvalue weighted by Crippen LogP contribution is -2.31. The van der Waals surface area contributed by atoms with Gasteiger partial charge in [-0.2, -0.15) is 0 Å². The maximum atomic E-state index is 13.0. The van der Waals surface area contributed by atoms with Crippen LogP contribution in [0.3, 0.4) is 0 Å². The van der Waals surface area contributed by atoms with Gasteiger partial charge in [0.1, 0.15) is 5.82 Å². The fourth-order valence-corrected chi connectivity index (χ4v) is 2.73. The van der Waals surface area contributed by atoms with Gasteiger partial charge in [-0.3, -0.25) is 9.69 Å². The minimum atomic E-state index is -0.346. The Kier molecular flexibility index (Phi) is 7.08. The largest absolute Gasteiger partial charge is 0.330 e. The van der Waals surface area contributed by atoms with Crippen molar-refractivity contribution in [3.8, 4) is 0 Å². The smallest absolute Gasteiger partial charge is 0.225 e. The van der Waals surface area contributed by atoms with Crippen molar-refractivity contribution in [2.75, 3.05) is 25.0 Å². The monoisotopic (exact) mass is 315 g/mol. The summed E-state index contributed by atoms with van der Waals surface area (Å²) in [4.78, 5) is 14.1. The van der Waals surface area contributed by atoms with Crippen LogP contribution >= 0.6 is 12.4 Å². The number of carbonyl (C=O) groups excluding carboxylic acids is 1. The minimum Gasteiger partial charge on any atom is -0.330 e. The molecule has 1 aliphatic rings. The van der Waals surface area contributed by atoms with Crippen molar-refractivity contribution >= 4 is 24.0 Å². The van der Waals surface area contributed by atoms with Crippen LogP contribution in [0.1, 0.15) is 19.8 Å². The second-order valence-electron chi connectivity index (χ2n) is 5.49. The molecule has 0 spiro atoms. The lowest BCUT2D eigenvalue weighted by atomic mass is 10.1. The molecule has 2 atom stereocenters. The second-order valence-corrected chi connectivity index (χ2v) is 5.49. The number of nitrogens with two attached hydrogens (primary N) is 1. The van der Waals surface area contributed by atoms with Crippen LogP contribution in [0.15, 0.2) is 24.3 Å². The zero-order valence-electron chi connectivity index (χ0n) is 12.2. The summed E-state index contributed by atoms with van der Waals surface area (Å²) in [5.41, 5.74) is 6.19. The summed E-state index contributed by atoms with van der Waals surface area (Å²) in [6.45, 7) is 4.56. The Morgan fingerprint density at radius 2 is 2.29 bits per heavy atom. The van der Waals surface area contributed by atoms with E-state index in [0.29, 0.717) is 30.6 Å². The molecule has 0 aliphatic carbocycles. The number of hydrogen-bond donors (Lipinski definition) is 2. The summed E-state index contributed by atoms with van der Waals surface area (Å²) in [7, 11) is 0. The van der Waals surface area contributed by atoms with Gasteiger partial charge in [-0.25, -0.2) is 4.39 Å². The molecule has 0 bridgehead atoms. The summed E-state index contributed by atoms with van der Waals surface area (Å²) >= 11 is 0. The van der Waals surface area contributed by atoms with Crippen LogP contribution in [-0.2, 0) is 4.79 Å². The van der Waals surface area contributed by atoms with Crippen LogP contribution < -0.4 is 11.1 Å². The van der Waals surface area contributed by atoms with Crippen molar-refractivity contribution in [3.63, 3.8) is 0 Å². The first-order valence-corrected chi connectivity index (χ1v) is 7.08. The van der Waals surface area contributed by atoms with Crippen molar-refractivity contribution in [3.05, 3.63) is 30.1 Å². The van der Waals surface area contributed by atoms with Crippen LogP contribution in [-0.4, -0.2) is 36.5 Å². The average molecular weight is 316 g/mol. The molecule has 1 aromatic rings. The van der Waals surface area contributed by atoms with Crippen LogP contribution in [0, 0.1) is 11.7 Å². The number of carbonyl (C=O) groups is 1. The Labute approximate surface area is 131 Å². The van der Waals surface area contributed by atoms with Crippen molar-refractivity contribution < 1.29 is 9.18 Å². The molecule has 1 fully saturated rings. The van der Waals surface area contributed by atoms with E-state index in [9.17, 15) is 9.18 Å². The Hall–Kier alpha value is -1.17. The molecule has 0 radical (unpaired) electrons. The molecule has 118 valence electrons. The molecule has 6 heteroatoms. The topological polar surface area (TPSA) is 58.4 Å². The zero-order valence-corrected chi connectivity index (χ0v) is 13.0. The van der Waals surface area contributed by atoms with Gasteiger partial charge in [0.2, 0.25) is 5.91 Å². The number of rotatable bonds is 5. The van der Waals surface area contributed by atoms with Gasteiger partial charge >= 0.3 is 0 Å². The van der Waals surface area contributed by atoms with E-state index in [4.69, 9.17) is 5.73 Å². The Bertz CT molecular complexity index is 472. The molecule has 0 aromatic heterocycles. The molecule has 3 N–H and O–H groups in total. The number of benzene rings is 1. The SMILES string of the molecule is CC1CC(CN)CN1CCC(=O)Nc1cccc(F)c1.Cl. The number of hydrogen-bond acceptors (Lipinski definition) is 3. The highest BCUT2D eigenvalue weighted by molar-refractivity contribution is 5.90. The van der Waals surface area contributed by atoms with Gasteiger partial charge in [-0.05, 0) is 44.0 Å². The van der Waals surface area contributed by atoms with Crippen molar-refractivity contribution in [2.24, 2.45) is 11.7 Å². The molecular formula is C15H23ClFN3O. The summed E-state index contributed by atoms with van der Waals surface area (Å²) in [6, 6.07) is 6.42. The fraction of sp³-hybridized carbons (Fsp3) is 0.533. The van der Waals surface area contributed by atoms with Crippen LogP contribution in [0.25, 0.3) is 0 Å². The molecule has 1 aromatic carbocycles. The van der Waals surface area contributed by atoms with E-state index in [2.05, 4.69) is 17.1 Å². The van der Waals surface area contributed by atoms with E-state index in [0.717, 1.165) is 19.5 Å². The lowest BCUT2D eigenvalue weighted by molar-refractivity contribution is -0.116. The Balaban J connectivity index is 0.00000220. The highest BCUT2D eigenvalue weighted by atomic mass is 35.5. The summed E-state index contributed by atoms with van der Waals surface area (Å²) in [5, 5.41) is 2.72. The van der Waals surface area contributed by atoms with Gasteiger partial charge in [0.15, 0.2) is 0 Å². The van der Waals surface area contributed by atoms with Gasteiger partial charge in [-0.1, -0.05) is 6.07 Å². The van der Waals surface area contributed by atoms with Crippen LogP contribution in [0.4, 0.5) is 10.1 Å². The summed E-state index contributed by atoms with van der Waals surface area (Å²) in [6.07, 6.45) is 1.51. The van der Waals surface area contributed by atoms with E-state index in [1.807, 2.05) is 0 Å². The van der Waals surface area contributed by atoms with Crippen LogP contribution in [0.2, 0.25) is 0 Å². The second kappa shape index (κ2) is 8.32. The predicted molar refractivity (Wildman–Crippen MR) is 85.1 cm³/mol. The first kappa shape index (κ1) is 17.9. The number of anilines is 1. The third-order valence-corrected chi connectivity index (χ3v) is 3.86. The van der Waals surface area contributed by atoms with Crippen molar-refractivity contribution in [1.29, 1.82) is 0 Å². The van der Waals surface area contributed by atoms with Gasteiger partial charge in [-0.15, -0.1) is 12.4 Å². The summed E-state index contributed by atoms with van der Waals surface area (Å²) < 4.78 is 13.0. The predicted octanol–water partition coefficient (Wildman–Crippen LogP) is 2.25. The van der Waals surface area contributed by atoms with E-state index >= 15 is 0 Å². The first-order chi connectivity index (χ1) is 9.58. The highest BCUT2D eigenvalue weighted by Gasteiger charge is 2.27. The number of halogens is 2. The molecular weight excluding hydrogens is 293 g/mol. The van der Waals surface area contributed by atoms with Gasteiger partial charge < -0.3 is 11.1 Å². The minimum absolute atomic E-state index is 0. The number of likely N-dealkylation sites (tertiary alicyclic amines) is 1. The molecule has 0 saturated carbocycles. The van der Waals surface area contributed by atoms with Gasteiger partial charge in [0.05, 0.1) is 0 Å². The normalized spacial score (nSPS) is 21.9. The average Bonchev–Trinajstić information content (AvgIpc) is 2.77. The lowest BCUT2D eigenvalue weighted by Gasteiger charge is -2.20. The molecule has 2 unspecified atom stereocenters. The summed E-state index contributed by atoms with van der Waals surface area (Å²) in [5.74, 6) is 0.108. The maximum Gasteiger partial charge on any atom is 0.225 e. The van der Waals surface area contributed by atoms with Crippen molar-refractivity contribution in [1.82, 2.24) is 4.90 Å². The zero-order chi connectivity index (χ0) is 14.5. The molecule has 1 heterocycles. The standard InChI is InChI=1S/C15H22FN3O.ClH/c1-11-7-12(9-17)10-19(11)6-5-15(20)18-14-4-2-3-13(16)8-14;/h2-4,8,11-12H,5-7,9-10,17H2,1H3,(H,18,20);1H. The number of nitrogens with zero attached hydrogens (tertiary/aromatic N) is 1. The number of nitrogens with one attached hydrogen (secondary N) is 1. The molecule has 2 rings (SSSR count). The van der Waals surface area contributed by atoms with E-state index in [1.165, 1.54) is 12.1 Å². The number of amides is 1. The Morgan fingerprint density at radius 1 is 1.52 bits per heavy atom. The van der Waals surface area contributed by atoms with Crippen LogP contribution in [0.5, 0.6) is 0 Å². The van der Waals surface area contributed by atoms with Gasteiger partial charge in [0.25, 0.3) is 0 Å². The molecule has 1 saturated heterocycles. The molecule has 4 nitrogen and oxygen atoms in total. The van der Waals surface area contributed by atoms with E-state index < -0.39 is 0 Å². The van der Waals surface area contributed by atoms with E-state index in [-0.39, 0.29) is 24.1 Å². The quantitative estimate of drug-likeness (QED) is 0.876. The third kappa shape index (κ3) is 5.26. The van der Waals surface area contributed by atoms with Gasteiger partial charge in [0, 0.05) is 31.2 Å². The van der Waals surface area contributed by atoms with E-state index in [1.54, 1.807) is 12.1 Å². The molecule has 1 amide bonds. The molecule has 21 heavy (non-hydrogen) atoms. The first-order valence-electron chi connectivity index (χ1n) is 7.08. The third-order valence-electron chi connectivity index (χ3n) is 3.86. The fourth-order valence-electron chi connectivity index (χ4n) is 2.73. The highest BCUT2D eigenvalue weighted by Crippen LogP contribution is 2.22.